The maximum atomic E-state index is 2.86. The molecule has 0 aliphatic heterocycles. The molecule has 0 saturated heterocycles. The van der Waals surface area contributed by atoms with Crippen LogP contribution in [0.4, 0.5) is 0 Å². The van der Waals surface area contributed by atoms with Gasteiger partial charge in [-0.2, -0.15) is 0 Å². The third-order valence-electron chi connectivity index (χ3n) is 0.496. The third kappa shape index (κ3) is 1.13. The molecule has 0 atom stereocenters. The standard InChI is InChI=1S/C4H5N.ClH/c1-2-4-5-3-1;/h1-5H;1H/p+1. The number of nitrogens with one attached hydrogen (secondary N) is 1. The van der Waals surface area contributed by atoms with Crippen molar-refractivity contribution in [3.8, 4) is 0 Å². The van der Waals surface area contributed by atoms with Crippen LogP contribution in [-0.4, -0.2) is 4.98 Å². The molecule has 6 heavy (non-hydrogen) atoms. The van der Waals surface area contributed by atoms with E-state index in [-0.39, 0.29) is 13.8 Å². The van der Waals surface area contributed by atoms with Crippen LogP contribution in [0.5, 0.6) is 0 Å². The van der Waals surface area contributed by atoms with Crippen molar-refractivity contribution in [2.24, 2.45) is 0 Å². The zero-order valence-electron chi connectivity index (χ0n) is 4.22. The number of hydrogen-bond acceptors (Lipinski definition) is 0. The van der Waals surface area contributed by atoms with Crippen molar-refractivity contribution in [1.29, 1.82) is 0 Å². The van der Waals surface area contributed by atoms with E-state index in [0.717, 1.165) is 0 Å². The summed E-state index contributed by atoms with van der Waals surface area (Å²) in [6.07, 6.45) is 3.75. The van der Waals surface area contributed by atoms with E-state index in [4.69, 9.17) is 0 Å². The van der Waals surface area contributed by atoms with Crippen LogP contribution in [0.3, 0.4) is 0 Å². The smallest absolute Gasteiger partial charge is 0.368 e. The van der Waals surface area contributed by atoms with Crippen molar-refractivity contribution in [1.82, 2.24) is 4.98 Å². The summed E-state index contributed by atoms with van der Waals surface area (Å²) in [7, 11) is 0. The van der Waals surface area contributed by atoms with Gasteiger partial charge in [-0.1, -0.05) is 0 Å². The molecular weight excluding hydrogens is 97.5 g/mol. The maximum Gasteiger partial charge on any atom is 1.00 e. The molecule has 0 aliphatic carbocycles. The summed E-state index contributed by atoms with van der Waals surface area (Å²) in [6, 6.07) is 3.89. The van der Waals surface area contributed by atoms with E-state index in [9.17, 15) is 0 Å². The maximum absolute atomic E-state index is 2.86. The van der Waals surface area contributed by atoms with Crippen molar-refractivity contribution in [3.63, 3.8) is 0 Å². The van der Waals surface area contributed by atoms with Gasteiger partial charge in [0.15, 0.2) is 0 Å². The van der Waals surface area contributed by atoms with Gasteiger partial charge >= 0.3 is 1.43 Å². The minimum atomic E-state index is 0. The Kier molecular flexibility index (Phi) is 2.59. The van der Waals surface area contributed by atoms with Gasteiger partial charge in [0.1, 0.15) is 0 Å². The molecular formula is C4H7ClN+. The van der Waals surface area contributed by atoms with Crippen molar-refractivity contribution in [2.75, 3.05) is 0 Å². The SMILES string of the molecule is Cl.[H+].c1cc[nH]c1. The molecule has 0 spiro atoms. The highest BCUT2D eigenvalue weighted by atomic mass is 35.5. The molecule has 0 aromatic carbocycles. The van der Waals surface area contributed by atoms with Gasteiger partial charge in [0.2, 0.25) is 0 Å². The van der Waals surface area contributed by atoms with Crippen LogP contribution in [0.2, 0.25) is 0 Å². The number of aromatic amines is 1. The summed E-state index contributed by atoms with van der Waals surface area (Å²) >= 11 is 0. The lowest BCUT2D eigenvalue weighted by Crippen LogP contribution is -1.38. The van der Waals surface area contributed by atoms with E-state index in [0.29, 0.717) is 0 Å². The summed E-state index contributed by atoms with van der Waals surface area (Å²) in [5, 5.41) is 0. The van der Waals surface area contributed by atoms with E-state index in [1.807, 2.05) is 24.5 Å². The molecule has 0 saturated carbocycles. The molecule has 0 amide bonds. The Morgan fingerprint density at radius 3 is 1.83 bits per heavy atom. The first-order valence-electron chi connectivity index (χ1n) is 1.58. The Morgan fingerprint density at radius 1 is 1.17 bits per heavy atom. The predicted molar refractivity (Wildman–Crippen MR) is 29.2 cm³/mol. The first-order chi connectivity index (χ1) is 2.50. The Balaban J connectivity index is 0. The van der Waals surface area contributed by atoms with E-state index in [1.54, 1.807) is 0 Å². The highest BCUT2D eigenvalue weighted by Gasteiger charge is 1.55. The quantitative estimate of drug-likeness (QED) is 0.514. The van der Waals surface area contributed by atoms with Crippen LogP contribution in [0, 0.1) is 0 Å². The number of H-pyrrole nitrogens is 1. The van der Waals surface area contributed by atoms with Crippen molar-refractivity contribution >= 4 is 12.4 Å². The molecule has 1 aromatic rings. The molecule has 1 rings (SSSR count). The number of aromatic nitrogens is 1. The highest BCUT2D eigenvalue weighted by molar-refractivity contribution is 5.85. The first kappa shape index (κ1) is 5.57. The summed E-state index contributed by atoms with van der Waals surface area (Å²) in [5.41, 5.74) is 0. The molecule has 0 aliphatic rings. The topological polar surface area (TPSA) is 15.8 Å². The van der Waals surface area contributed by atoms with Crippen LogP contribution in [0.15, 0.2) is 24.5 Å². The molecule has 2 heteroatoms. The fourth-order valence-electron chi connectivity index (χ4n) is 0.278. The average molecular weight is 105 g/mol. The molecule has 0 unspecified atom stereocenters. The van der Waals surface area contributed by atoms with Crippen LogP contribution in [0.25, 0.3) is 0 Å². The van der Waals surface area contributed by atoms with Crippen molar-refractivity contribution < 1.29 is 1.43 Å². The lowest BCUT2D eigenvalue weighted by molar-refractivity contribution is 1.42. The minimum absolute atomic E-state index is 0. The van der Waals surface area contributed by atoms with E-state index < -0.39 is 0 Å². The molecule has 0 radical (unpaired) electrons. The lowest BCUT2D eigenvalue weighted by Gasteiger charge is -1.49. The molecule has 0 bridgehead atoms. The summed E-state index contributed by atoms with van der Waals surface area (Å²) in [6.45, 7) is 0. The van der Waals surface area contributed by atoms with Gasteiger partial charge in [-0.25, -0.2) is 0 Å². The average Bonchev–Trinajstić information content (AvgIpc) is 1.76. The number of halogens is 1. The summed E-state index contributed by atoms with van der Waals surface area (Å²) in [5.74, 6) is 0. The van der Waals surface area contributed by atoms with Gasteiger partial charge in [-0.05, 0) is 12.1 Å². The summed E-state index contributed by atoms with van der Waals surface area (Å²) < 4.78 is 0. The second-order valence-electron chi connectivity index (χ2n) is 0.885. The van der Waals surface area contributed by atoms with Gasteiger partial charge in [0.25, 0.3) is 0 Å². The number of hydrogen-bond donors (Lipinski definition) is 1. The van der Waals surface area contributed by atoms with Crippen molar-refractivity contribution in [2.45, 2.75) is 0 Å². The fraction of sp³-hybridized carbons (Fsp3) is 0. The van der Waals surface area contributed by atoms with Crippen molar-refractivity contribution in [3.05, 3.63) is 24.5 Å². The van der Waals surface area contributed by atoms with Gasteiger partial charge in [-0.3, -0.25) is 0 Å². The normalized spacial score (nSPS) is 6.67. The molecule has 34 valence electrons. The van der Waals surface area contributed by atoms with Gasteiger partial charge in [0.05, 0.1) is 0 Å². The zero-order valence-corrected chi connectivity index (χ0v) is 4.03. The van der Waals surface area contributed by atoms with Gasteiger partial charge < -0.3 is 4.98 Å². The van der Waals surface area contributed by atoms with E-state index in [2.05, 4.69) is 4.98 Å². The second kappa shape index (κ2) is 2.79. The molecule has 1 heterocycles. The van der Waals surface area contributed by atoms with Gasteiger partial charge in [0, 0.05) is 12.4 Å². The minimum Gasteiger partial charge on any atom is -0.368 e. The molecule has 1 nitrogen and oxygen atoms in total. The highest BCUT2D eigenvalue weighted by Crippen LogP contribution is 1.72. The second-order valence-corrected chi connectivity index (χ2v) is 0.885. The monoisotopic (exact) mass is 104 g/mol. The van der Waals surface area contributed by atoms with E-state index in [1.165, 1.54) is 0 Å². The first-order valence-corrected chi connectivity index (χ1v) is 1.58. The fourth-order valence-corrected chi connectivity index (χ4v) is 0.278. The van der Waals surface area contributed by atoms with Gasteiger partial charge in [-0.15, -0.1) is 12.4 Å². The Morgan fingerprint density at radius 2 is 1.67 bits per heavy atom. The van der Waals surface area contributed by atoms with Crippen LogP contribution in [-0.2, 0) is 0 Å². The third-order valence-corrected chi connectivity index (χ3v) is 0.496. The lowest BCUT2D eigenvalue weighted by atomic mass is 10.7. The van der Waals surface area contributed by atoms with Crippen LogP contribution in [0.1, 0.15) is 1.43 Å². The Hall–Kier alpha value is -0.430. The molecule has 1 N–H and O–H groups in total. The predicted octanol–water partition coefficient (Wildman–Crippen LogP) is 1.55. The zero-order chi connectivity index (χ0) is 3.54. The van der Waals surface area contributed by atoms with Crippen LogP contribution >= 0.6 is 12.4 Å². The Labute approximate surface area is 44.3 Å². The van der Waals surface area contributed by atoms with E-state index >= 15 is 0 Å². The number of rotatable bonds is 0. The van der Waals surface area contributed by atoms with Crippen LogP contribution < -0.4 is 0 Å². The largest absolute Gasteiger partial charge is 1.00 e. The molecule has 1 aromatic heterocycles. The summed E-state index contributed by atoms with van der Waals surface area (Å²) in [4.78, 5) is 2.86. The molecule has 0 fully saturated rings. The Bertz CT molecular complexity index is 68.2.